The van der Waals surface area contributed by atoms with Gasteiger partial charge in [0.25, 0.3) is 5.69 Å². The SMILES string of the molecule is O=[N+]([O-])c1ccc(Cl)c(CNc2ccc(Cl)nc2)c1. The average molecular weight is 298 g/mol. The van der Waals surface area contributed by atoms with Gasteiger partial charge in [-0.1, -0.05) is 23.2 Å². The number of anilines is 1. The van der Waals surface area contributed by atoms with Crippen LogP contribution in [0.2, 0.25) is 10.2 Å². The molecule has 7 heteroatoms. The van der Waals surface area contributed by atoms with Crippen LogP contribution in [0.25, 0.3) is 0 Å². The molecule has 1 aromatic carbocycles. The summed E-state index contributed by atoms with van der Waals surface area (Å²) in [6, 6.07) is 7.74. The van der Waals surface area contributed by atoms with Gasteiger partial charge in [0, 0.05) is 23.7 Å². The standard InChI is InChI=1S/C12H9Cl2N3O2/c13-11-3-2-10(17(18)19)5-8(11)6-15-9-1-4-12(14)16-7-9/h1-5,7,15H,6H2. The minimum Gasteiger partial charge on any atom is -0.380 e. The van der Waals surface area contributed by atoms with E-state index in [2.05, 4.69) is 10.3 Å². The number of halogens is 2. The summed E-state index contributed by atoms with van der Waals surface area (Å²) in [5.41, 5.74) is 1.41. The number of nitrogens with zero attached hydrogens (tertiary/aromatic N) is 2. The minimum atomic E-state index is -0.455. The van der Waals surface area contributed by atoms with Crippen LogP contribution < -0.4 is 5.32 Å². The molecule has 2 rings (SSSR count). The van der Waals surface area contributed by atoms with Crippen molar-refractivity contribution in [3.63, 3.8) is 0 Å². The highest BCUT2D eigenvalue weighted by Crippen LogP contribution is 2.23. The topological polar surface area (TPSA) is 68.1 Å². The molecule has 0 saturated heterocycles. The maximum absolute atomic E-state index is 10.7. The monoisotopic (exact) mass is 297 g/mol. The van der Waals surface area contributed by atoms with Crippen LogP contribution in [0.5, 0.6) is 0 Å². The molecule has 1 heterocycles. The van der Waals surface area contributed by atoms with Crippen LogP contribution in [-0.2, 0) is 6.54 Å². The quantitative estimate of drug-likeness (QED) is 0.528. The summed E-state index contributed by atoms with van der Waals surface area (Å²) in [7, 11) is 0. The normalized spacial score (nSPS) is 10.2. The van der Waals surface area contributed by atoms with Crippen molar-refractivity contribution in [3.05, 3.63) is 62.4 Å². The molecule has 0 aliphatic rings. The number of rotatable bonds is 4. The molecule has 0 unspecified atom stereocenters. The second-order valence-electron chi connectivity index (χ2n) is 3.76. The van der Waals surface area contributed by atoms with Gasteiger partial charge in [0.2, 0.25) is 0 Å². The van der Waals surface area contributed by atoms with E-state index >= 15 is 0 Å². The Bertz CT molecular complexity index is 602. The molecule has 0 bridgehead atoms. The number of hydrogen-bond donors (Lipinski definition) is 1. The smallest absolute Gasteiger partial charge is 0.269 e. The Labute approximate surface area is 119 Å². The van der Waals surface area contributed by atoms with Gasteiger partial charge in [0.15, 0.2) is 0 Å². The molecule has 98 valence electrons. The summed E-state index contributed by atoms with van der Waals surface area (Å²) in [6.45, 7) is 0.365. The zero-order valence-corrected chi connectivity index (χ0v) is 11.1. The third kappa shape index (κ3) is 3.56. The summed E-state index contributed by atoms with van der Waals surface area (Å²) < 4.78 is 0. The van der Waals surface area contributed by atoms with E-state index in [0.717, 1.165) is 5.69 Å². The molecule has 0 atom stereocenters. The molecular weight excluding hydrogens is 289 g/mol. The number of nitro groups is 1. The van der Waals surface area contributed by atoms with Gasteiger partial charge in [-0.25, -0.2) is 4.98 Å². The average Bonchev–Trinajstić information content (AvgIpc) is 2.39. The van der Waals surface area contributed by atoms with Crippen molar-refractivity contribution in [2.45, 2.75) is 6.54 Å². The highest BCUT2D eigenvalue weighted by molar-refractivity contribution is 6.31. The Morgan fingerprint density at radius 3 is 2.68 bits per heavy atom. The third-order valence-corrected chi connectivity index (χ3v) is 3.04. The molecule has 19 heavy (non-hydrogen) atoms. The van der Waals surface area contributed by atoms with E-state index in [1.54, 1.807) is 18.3 Å². The fourth-order valence-corrected chi connectivity index (χ4v) is 1.78. The van der Waals surface area contributed by atoms with E-state index in [1.165, 1.54) is 18.2 Å². The lowest BCUT2D eigenvalue weighted by Crippen LogP contribution is -2.01. The second kappa shape index (κ2) is 5.86. The maximum Gasteiger partial charge on any atom is 0.269 e. The van der Waals surface area contributed by atoms with Crippen LogP contribution in [0.15, 0.2) is 36.5 Å². The minimum absolute atomic E-state index is 0.00966. The number of hydrogen-bond acceptors (Lipinski definition) is 4. The second-order valence-corrected chi connectivity index (χ2v) is 4.55. The number of benzene rings is 1. The van der Waals surface area contributed by atoms with Gasteiger partial charge in [-0.3, -0.25) is 10.1 Å². The largest absolute Gasteiger partial charge is 0.380 e. The number of nitrogens with one attached hydrogen (secondary N) is 1. The van der Waals surface area contributed by atoms with E-state index in [9.17, 15) is 10.1 Å². The van der Waals surface area contributed by atoms with Gasteiger partial charge in [0.05, 0.1) is 16.8 Å². The molecule has 5 nitrogen and oxygen atoms in total. The zero-order valence-electron chi connectivity index (χ0n) is 9.64. The van der Waals surface area contributed by atoms with E-state index < -0.39 is 4.92 Å². The van der Waals surface area contributed by atoms with E-state index in [0.29, 0.717) is 22.3 Å². The van der Waals surface area contributed by atoms with Gasteiger partial charge in [-0.05, 0) is 23.8 Å². The molecule has 0 spiro atoms. The van der Waals surface area contributed by atoms with Crippen LogP contribution in [-0.4, -0.2) is 9.91 Å². The molecule has 0 fully saturated rings. The molecule has 1 aromatic heterocycles. The summed E-state index contributed by atoms with van der Waals surface area (Å²) >= 11 is 11.7. The predicted octanol–water partition coefficient (Wildman–Crippen LogP) is 3.91. The van der Waals surface area contributed by atoms with Crippen LogP contribution in [0.4, 0.5) is 11.4 Å². The Hall–Kier alpha value is -1.85. The molecule has 0 aliphatic heterocycles. The molecular formula is C12H9Cl2N3O2. The van der Waals surface area contributed by atoms with E-state index in [4.69, 9.17) is 23.2 Å². The van der Waals surface area contributed by atoms with Crippen molar-refractivity contribution >= 4 is 34.6 Å². The summed E-state index contributed by atoms with van der Waals surface area (Å²) in [5.74, 6) is 0. The van der Waals surface area contributed by atoms with Gasteiger partial charge in [0.1, 0.15) is 5.15 Å². The molecule has 0 saturated carbocycles. The predicted molar refractivity (Wildman–Crippen MR) is 74.7 cm³/mol. The lowest BCUT2D eigenvalue weighted by Gasteiger charge is -2.07. The van der Waals surface area contributed by atoms with E-state index in [1.807, 2.05) is 0 Å². The first kappa shape index (κ1) is 13.6. The molecule has 0 aliphatic carbocycles. The van der Waals surface area contributed by atoms with Crippen molar-refractivity contribution in [1.29, 1.82) is 0 Å². The maximum atomic E-state index is 10.7. The summed E-state index contributed by atoms with van der Waals surface area (Å²) in [5, 5.41) is 14.6. The third-order valence-electron chi connectivity index (χ3n) is 2.45. The Balaban J connectivity index is 2.12. The first-order valence-corrected chi connectivity index (χ1v) is 6.10. The van der Waals surface area contributed by atoms with Crippen molar-refractivity contribution in [2.75, 3.05) is 5.32 Å². The highest BCUT2D eigenvalue weighted by atomic mass is 35.5. The first-order chi connectivity index (χ1) is 9.06. The lowest BCUT2D eigenvalue weighted by molar-refractivity contribution is -0.384. The Kier molecular flexibility index (Phi) is 4.19. The Morgan fingerprint density at radius 1 is 1.26 bits per heavy atom. The van der Waals surface area contributed by atoms with Crippen LogP contribution >= 0.6 is 23.2 Å². The fraction of sp³-hybridized carbons (Fsp3) is 0.0833. The van der Waals surface area contributed by atoms with Gasteiger partial charge < -0.3 is 5.32 Å². The number of nitro benzene ring substituents is 1. The van der Waals surface area contributed by atoms with Gasteiger partial charge in [-0.15, -0.1) is 0 Å². The first-order valence-electron chi connectivity index (χ1n) is 5.34. The van der Waals surface area contributed by atoms with Crippen LogP contribution in [0, 0.1) is 10.1 Å². The fourth-order valence-electron chi connectivity index (χ4n) is 1.49. The summed E-state index contributed by atoms with van der Waals surface area (Å²) in [6.07, 6.45) is 1.58. The van der Waals surface area contributed by atoms with Crippen molar-refractivity contribution in [2.24, 2.45) is 0 Å². The number of non-ortho nitro benzene ring substituents is 1. The van der Waals surface area contributed by atoms with Crippen molar-refractivity contribution in [3.8, 4) is 0 Å². The summed E-state index contributed by atoms with van der Waals surface area (Å²) in [4.78, 5) is 14.2. The molecule has 1 N–H and O–H groups in total. The molecule has 2 aromatic rings. The highest BCUT2D eigenvalue weighted by Gasteiger charge is 2.09. The van der Waals surface area contributed by atoms with Gasteiger partial charge >= 0.3 is 0 Å². The van der Waals surface area contributed by atoms with Gasteiger partial charge in [-0.2, -0.15) is 0 Å². The zero-order chi connectivity index (χ0) is 13.8. The molecule has 0 amide bonds. The number of pyridine rings is 1. The molecule has 0 radical (unpaired) electrons. The van der Waals surface area contributed by atoms with Crippen molar-refractivity contribution < 1.29 is 4.92 Å². The van der Waals surface area contributed by atoms with Crippen LogP contribution in [0.1, 0.15) is 5.56 Å². The van der Waals surface area contributed by atoms with Crippen molar-refractivity contribution in [1.82, 2.24) is 4.98 Å². The lowest BCUT2D eigenvalue weighted by atomic mass is 10.2. The number of aromatic nitrogens is 1. The Morgan fingerprint density at radius 2 is 2.05 bits per heavy atom. The van der Waals surface area contributed by atoms with E-state index in [-0.39, 0.29) is 5.69 Å². The van der Waals surface area contributed by atoms with Crippen LogP contribution in [0.3, 0.4) is 0 Å².